The summed E-state index contributed by atoms with van der Waals surface area (Å²) in [7, 11) is 3.60. The van der Waals surface area contributed by atoms with Gasteiger partial charge in [0.2, 0.25) is 11.8 Å². The van der Waals surface area contributed by atoms with Gasteiger partial charge in [0, 0.05) is 43.2 Å². The van der Waals surface area contributed by atoms with Crippen LogP contribution in [0, 0.1) is 5.92 Å². The lowest BCUT2D eigenvalue weighted by molar-refractivity contribution is -0.142. The van der Waals surface area contributed by atoms with Crippen molar-refractivity contribution < 1.29 is 37.3 Å². The molecule has 0 spiro atoms. The lowest BCUT2D eigenvalue weighted by atomic mass is 10.0. The Bertz CT molecular complexity index is 1140. The molecule has 0 saturated carbocycles. The zero-order chi connectivity index (χ0) is 29.4. The van der Waals surface area contributed by atoms with Crippen LogP contribution >= 0.6 is 0 Å². The maximum Gasteiger partial charge on any atom is 0.389 e. The number of nitrogens with one attached hydrogen (secondary N) is 1. The lowest BCUT2D eigenvalue weighted by Gasteiger charge is -2.34. The Hall–Kier alpha value is -3.31. The van der Waals surface area contributed by atoms with Crippen molar-refractivity contribution in [3.8, 4) is 11.5 Å². The number of hydrogen-bond acceptors (Lipinski definition) is 6. The summed E-state index contributed by atoms with van der Waals surface area (Å²) in [5.74, 6) is 0.162. The number of carbonyl (C=O) groups is 2. The monoisotopic (exact) mass is 565 g/mol. The molecule has 0 fully saturated rings. The Morgan fingerprint density at radius 3 is 2.58 bits per heavy atom. The molecular weight excluding hydrogens is 527 g/mol. The van der Waals surface area contributed by atoms with Gasteiger partial charge in [-0.05, 0) is 49.9 Å². The first-order valence-corrected chi connectivity index (χ1v) is 13.3. The molecule has 3 atom stereocenters. The van der Waals surface area contributed by atoms with Gasteiger partial charge in [-0.1, -0.05) is 19.1 Å². The van der Waals surface area contributed by atoms with Gasteiger partial charge in [0.1, 0.15) is 17.6 Å². The molecule has 1 aliphatic rings. The number of anilines is 1. The summed E-state index contributed by atoms with van der Waals surface area (Å²) in [6.45, 7) is 5.13. The molecule has 220 valence electrons. The van der Waals surface area contributed by atoms with Crippen LogP contribution in [0.15, 0.2) is 42.5 Å². The Morgan fingerprint density at radius 2 is 1.95 bits per heavy atom. The smallest absolute Gasteiger partial charge is 0.389 e. The normalized spacial score (nSPS) is 18.7. The van der Waals surface area contributed by atoms with Crippen molar-refractivity contribution in [2.45, 2.75) is 58.0 Å². The van der Waals surface area contributed by atoms with Gasteiger partial charge in [-0.3, -0.25) is 14.5 Å². The summed E-state index contributed by atoms with van der Waals surface area (Å²) < 4.78 is 49.3. The first kappa shape index (κ1) is 31.2. The Labute approximate surface area is 233 Å². The van der Waals surface area contributed by atoms with Crippen LogP contribution in [0.25, 0.3) is 0 Å². The molecule has 1 heterocycles. The molecule has 2 N–H and O–H groups in total. The SMILES string of the molecule is COc1ccc(CN(C)C[C@@H]2Oc3ccc(NC(=O)CCC(F)(F)F)cc3CC(=O)N([C@@H](C)CO)C[C@@H]2C)cc1. The van der Waals surface area contributed by atoms with E-state index in [1.807, 2.05) is 38.2 Å². The number of fused-ring (bicyclic) bond motifs is 1. The number of hydrogen-bond donors (Lipinski definition) is 2. The number of methoxy groups -OCH3 is 1. The molecule has 0 aromatic heterocycles. The zero-order valence-corrected chi connectivity index (χ0v) is 23.3. The molecule has 3 rings (SSSR count). The average Bonchev–Trinajstić information content (AvgIpc) is 2.94. The first-order valence-electron chi connectivity index (χ1n) is 13.3. The number of rotatable bonds is 10. The van der Waals surface area contributed by atoms with Crippen LogP contribution in [0.4, 0.5) is 18.9 Å². The van der Waals surface area contributed by atoms with Gasteiger partial charge in [-0.15, -0.1) is 0 Å². The van der Waals surface area contributed by atoms with E-state index in [0.717, 1.165) is 11.3 Å². The average molecular weight is 566 g/mol. The van der Waals surface area contributed by atoms with Crippen LogP contribution in [0.5, 0.6) is 11.5 Å². The molecule has 11 heteroatoms. The second kappa shape index (κ2) is 13.8. The largest absolute Gasteiger partial charge is 0.497 e. The third-order valence-electron chi connectivity index (χ3n) is 6.94. The summed E-state index contributed by atoms with van der Waals surface area (Å²) in [5.41, 5.74) is 1.88. The van der Waals surface area contributed by atoms with Crippen LogP contribution < -0.4 is 14.8 Å². The van der Waals surface area contributed by atoms with E-state index < -0.39 is 31.0 Å². The number of aliphatic hydroxyl groups excluding tert-OH is 1. The molecule has 2 aromatic carbocycles. The molecule has 0 radical (unpaired) electrons. The molecule has 0 saturated heterocycles. The van der Waals surface area contributed by atoms with E-state index in [-0.39, 0.29) is 36.6 Å². The molecule has 1 aliphatic heterocycles. The molecular formula is C29H38F3N3O5. The number of ether oxygens (including phenoxy) is 2. The summed E-state index contributed by atoms with van der Waals surface area (Å²) >= 11 is 0. The van der Waals surface area contributed by atoms with Crippen molar-refractivity contribution >= 4 is 17.5 Å². The molecule has 0 bridgehead atoms. The standard InChI is InChI=1S/C29H38F3N3O5/c1-19-15-35(20(2)18-36)28(38)14-22-13-23(33-27(37)11-12-29(30,31)32)7-10-25(22)40-26(19)17-34(3)16-21-5-8-24(39-4)9-6-21/h5-10,13,19-20,26,36H,11-12,14-18H2,1-4H3,(H,33,37)/t19-,20-,26-/m0/s1. The fourth-order valence-electron chi connectivity index (χ4n) is 4.62. The highest BCUT2D eigenvalue weighted by molar-refractivity contribution is 5.91. The van der Waals surface area contributed by atoms with Crippen molar-refractivity contribution in [1.29, 1.82) is 0 Å². The van der Waals surface area contributed by atoms with Gasteiger partial charge in [-0.2, -0.15) is 13.2 Å². The minimum absolute atomic E-state index is 0.0485. The highest BCUT2D eigenvalue weighted by Crippen LogP contribution is 2.30. The minimum atomic E-state index is -4.43. The molecule has 8 nitrogen and oxygen atoms in total. The molecule has 0 aliphatic carbocycles. The molecule has 40 heavy (non-hydrogen) atoms. The predicted molar refractivity (Wildman–Crippen MR) is 145 cm³/mol. The maximum atomic E-state index is 13.3. The van der Waals surface area contributed by atoms with Crippen LogP contribution in [0.1, 0.15) is 37.8 Å². The van der Waals surface area contributed by atoms with E-state index in [4.69, 9.17) is 9.47 Å². The third-order valence-corrected chi connectivity index (χ3v) is 6.94. The van der Waals surface area contributed by atoms with E-state index in [1.54, 1.807) is 37.1 Å². The van der Waals surface area contributed by atoms with Crippen LogP contribution in [-0.2, 0) is 22.6 Å². The first-order chi connectivity index (χ1) is 18.9. The van der Waals surface area contributed by atoms with Crippen molar-refractivity contribution in [3.63, 3.8) is 0 Å². The van der Waals surface area contributed by atoms with Crippen LogP contribution in [0.2, 0.25) is 0 Å². The Balaban J connectivity index is 1.83. The van der Waals surface area contributed by atoms with Crippen LogP contribution in [-0.4, -0.2) is 78.9 Å². The fraction of sp³-hybridized carbons (Fsp3) is 0.517. The fourth-order valence-corrected chi connectivity index (χ4v) is 4.62. The highest BCUT2D eigenvalue weighted by Gasteiger charge is 2.31. The van der Waals surface area contributed by atoms with Gasteiger partial charge in [-0.25, -0.2) is 0 Å². The summed E-state index contributed by atoms with van der Waals surface area (Å²) in [6, 6.07) is 12.1. The van der Waals surface area contributed by atoms with Crippen molar-refractivity contribution in [2.24, 2.45) is 5.92 Å². The van der Waals surface area contributed by atoms with E-state index in [2.05, 4.69) is 10.2 Å². The topological polar surface area (TPSA) is 91.3 Å². The van der Waals surface area contributed by atoms with Gasteiger partial charge in [0.25, 0.3) is 0 Å². The Kier molecular flexibility index (Phi) is 10.8. The van der Waals surface area contributed by atoms with Gasteiger partial charge < -0.3 is 24.8 Å². The number of benzene rings is 2. The number of carbonyl (C=O) groups excluding carboxylic acids is 2. The van der Waals surface area contributed by atoms with Crippen molar-refractivity contribution in [1.82, 2.24) is 9.80 Å². The number of amides is 2. The molecule has 2 amide bonds. The molecule has 0 unspecified atom stereocenters. The number of halogens is 3. The van der Waals surface area contributed by atoms with Gasteiger partial charge in [0.15, 0.2) is 0 Å². The van der Waals surface area contributed by atoms with E-state index in [1.165, 1.54) is 0 Å². The minimum Gasteiger partial charge on any atom is -0.497 e. The van der Waals surface area contributed by atoms with Crippen LogP contribution in [0.3, 0.4) is 0 Å². The van der Waals surface area contributed by atoms with Crippen molar-refractivity contribution in [2.75, 3.05) is 39.2 Å². The van der Waals surface area contributed by atoms with Crippen molar-refractivity contribution in [3.05, 3.63) is 53.6 Å². The third kappa shape index (κ3) is 9.12. The number of alkyl halides is 3. The highest BCUT2D eigenvalue weighted by atomic mass is 19.4. The maximum absolute atomic E-state index is 13.3. The van der Waals surface area contributed by atoms with E-state index in [9.17, 15) is 27.9 Å². The van der Waals surface area contributed by atoms with E-state index >= 15 is 0 Å². The van der Waals surface area contributed by atoms with E-state index in [0.29, 0.717) is 30.9 Å². The van der Waals surface area contributed by atoms with Gasteiger partial charge in [0.05, 0.1) is 32.6 Å². The number of nitrogens with zero attached hydrogens (tertiary/aromatic N) is 2. The molecule has 2 aromatic rings. The summed E-state index contributed by atoms with van der Waals surface area (Å²) in [4.78, 5) is 29.2. The zero-order valence-electron chi connectivity index (χ0n) is 23.3. The predicted octanol–water partition coefficient (Wildman–Crippen LogP) is 4.26. The second-order valence-corrected chi connectivity index (χ2v) is 10.4. The second-order valence-electron chi connectivity index (χ2n) is 10.4. The number of aliphatic hydroxyl groups is 1. The van der Waals surface area contributed by atoms with Gasteiger partial charge >= 0.3 is 6.18 Å². The summed E-state index contributed by atoms with van der Waals surface area (Å²) in [6.07, 6.45) is -6.72. The Morgan fingerprint density at radius 1 is 1.25 bits per heavy atom. The quantitative estimate of drug-likeness (QED) is 0.448. The lowest BCUT2D eigenvalue weighted by Crippen LogP contribution is -2.47. The summed E-state index contributed by atoms with van der Waals surface area (Å²) in [5, 5.41) is 12.3. The number of likely N-dealkylation sites (N-methyl/N-ethyl adjacent to an activating group) is 1.